The topological polar surface area (TPSA) is 17.1 Å². The maximum Gasteiger partial charge on any atom is 0.139 e. The predicted octanol–water partition coefficient (Wildman–Crippen LogP) is 6.69. The Morgan fingerprint density at radius 3 is 1.76 bits per heavy atom. The van der Waals surface area contributed by atoms with E-state index in [9.17, 15) is 4.79 Å². The van der Waals surface area contributed by atoms with Gasteiger partial charge in [0.25, 0.3) is 0 Å². The normalized spacial score (nSPS) is 16.7. The Morgan fingerprint density at radius 2 is 1.29 bits per heavy atom. The summed E-state index contributed by atoms with van der Waals surface area (Å²) in [5.41, 5.74) is 0. The lowest BCUT2D eigenvalue weighted by atomic mass is 9.75. The van der Waals surface area contributed by atoms with Crippen molar-refractivity contribution in [2.75, 3.05) is 0 Å². The Balaban J connectivity index is 2.20. The zero-order valence-corrected chi connectivity index (χ0v) is 14.7. The highest BCUT2D eigenvalue weighted by Gasteiger charge is 2.30. The van der Waals surface area contributed by atoms with Gasteiger partial charge in [-0.3, -0.25) is 4.79 Å². The monoisotopic (exact) mass is 294 g/mol. The molecule has 1 saturated carbocycles. The summed E-state index contributed by atoms with van der Waals surface area (Å²) < 4.78 is 0. The summed E-state index contributed by atoms with van der Waals surface area (Å²) in [7, 11) is 0. The third-order valence-corrected chi connectivity index (χ3v) is 5.22. The van der Waals surface area contributed by atoms with Crippen LogP contribution in [0.15, 0.2) is 0 Å². The summed E-state index contributed by atoms with van der Waals surface area (Å²) in [6.07, 6.45) is 19.3. The van der Waals surface area contributed by atoms with Crippen LogP contribution in [0.3, 0.4) is 0 Å². The summed E-state index contributed by atoms with van der Waals surface area (Å²) in [5.74, 6) is 1.48. The minimum absolute atomic E-state index is 0.401. The number of ketones is 1. The molecule has 0 aromatic heterocycles. The molecule has 1 unspecified atom stereocenters. The molecular weight excluding hydrogens is 256 g/mol. The van der Waals surface area contributed by atoms with Gasteiger partial charge < -0.3 is 0 Å². The number of carbonyl (C=O) groups excluding carboxylic acids is 1. The van der Waals surface area contributed by atoms with E-state index in [2.05, 4.69) is 13.8 Å². The van der Waals surface area contributed by atoms with Crippen molar-refractivity contribution in [3.63, 3.8) is 0 Å². The van der Waals surface area contributed by atoms with Gasteiger partial charge >= 0.3 is 0 Å². The van der Waals surface area contributed by atoms with Crippen LogP contribution in [-0.4, -0.2) is 5.78 Å². The summed E-state index contributed by atoms with van der Waals surface area (Å²) >= 11 is 0. The second kappa shape index (κ2) is 12.2. The van der Waals surface area contributed by atoms with Crippen molar-refractivity contribution in [3.8, 4) is 0 Å². The first-order valence-corrected chi connectivity index (χ1v) is 9.83. The molecule has 0 heterocycles. The molecule has 0 aromatic carbocycles. The highest BCUT2D eigenvalue weighted by molar-refractivity contribution is 5.84. The minimum Gasteiger partial charge on any atom is -0.299 e. The quantitative estimate of drug-likeness (QED) is 0.326. The maximum atomic E-state index is 12.6. The predicted molar refractivity (Wildman–Crippen MR) is 92.6 cm³/mol. The fourth-order valence-electron chi connectivity index (χ4n) is 3.44. The third-order valence-electron chi connectivity index (χ3n) is 5.22. The maximum absolute atomic E-state index is 12.6. The lowest BCUT2D eigenvalue weighted by Gasteiger charge is -2.28. The van der Waals surface area contributed by atoms with Crippen LogP contribution < -0.4 is 0 Å². The van der Waals surface area contributed by atoms with Crippen LogP contribution in [0.1, 0.15) is 110 Å². The zero-order valence-electron chi connectivity index (χ0n) is 14.7. The molecule has 0 bridgehead atoms. The van der Waals surface area contributed by atoms with Crippen molar-refractivity contribution in [2.24, 2.45) is 11.8 Å². The third kappa shape index (κ3) is 8.02. The average Bonchev–Trinajstić information content (AvgIpc) is 2.42. The summed E-state index contributed by atoms with van der Waals surface area (Å²) in [6.45, 7) is 4.52. The Hall–Kier alpha value is -0.330. The molecular formula is C20H38O. The van der Waals surface area contributed by atoms with E-state index in [0.29, 0.717) is 17.6 Å². The number of Topliss-reactive ketones (excluding diaryl/α,β-unsaturated/α-hetero) is 1. The Labute approximate surface area is 133 Å². The SMILES string of the molecule is CCCCCCCCC(CCCCCC)C(=O)C1CCC1. The highest BCUT2D eigenvalue weighted by atomic mass is 16.1. The molecule has 1 aliphatic carbocycles. The Morgan fingerprint density at radius 1 is 0.810 bits per heavy atom. The molecule has 1 aliphatic rings. The van der Waals surface area contributed by atoms with E-state index in [1.165, 1.54) is 96.3 Å². The van der Waals surface area contributed by atoms with Crippen molar-refractivity contribution in [1.29, 1.82) is 0 Å². The standard InChI is InChI=1S/C20H38O/c1-3-5-7-9-10-12-15-18(14-11-8-6-4-2)20(21)19-16-13-17-19/h18-19H,3-17H2,1-2H3. The van der Waals surface area contributed by atoms with Crippen molar-refractivity contribution in [1.82, 2.24) is 0 Å². The fraction of sp³-hybridized carbons (Fsp3) is 0.950. The molecule has 0 amide bonds. The van der Waals surface area contributed by atoms with Crippen LogP contribution in [0, 0.1) is 11.8 Å². The van der Waals surface area contributed by atoms with Gasteiger partial charge in [0.2, 0.25) is 0 Å². The van der Waals surface area contributed by atoms with Crippen molar-refractivity contribution < 1.29 is 4.79 Å². The molecule has 1 rings (SSSR count). The zero-order chi connectivity index (χ0) is 15.3. The lowest BCUT2D eigenvalue weighted by Crippen LogP contribution is -2.28. The van der Waals surface area contributed by atoms with Crippen LogP contribution in [0.5, 0.6) is 0 Å². The van der Waals surface area contributed by atoms with Gasteiger partial charge in [-0.2, -0.15) is 0 Å². The first-order chi connectivity index (χ1) is 10.3. The molecule has 0 aromatic rings. The second-order valence-electron chi connectivity index (χ2n) is 7.13. The van der Waals surface area contributed by atoms with E-state index in [0.717, 1.165) is 0 Å². The summed E-state index contributed by atoms with van der Waals surface area (Å²) in [4.78, 5) is 12.6. The average molecular weight is 295 g/mol. The molecule has 1 heteroatoms. The van der Waals surface area contributed by atoms with Gasteiger partial charge in [0, 0.05) is 11.8 Å². The molecule has 1 nitrogen and oxygen atoms in total. The molecule has 0 radical (unpaired) electrons. The van der Waals surface area contributed by atoms with Crippen LogP contribution in [0.25, 0.3) is 0 Å². The fourth-order valence-corrected chi connectivity index (χ4v) is 3.44. The van der Waals surface area contributed by atoms with E-state index in [1.807, 2.05) is 0 Å². The number of carbonyl (C=O) groups is 1. The Bertz CT molecular complexity index is 255. The van der Waals surface area contributed by atoms with Gasteiger partial charge in [0.15, 0.2) is 0 Å². The molecule has 0 aliphatic heterocycles. The number of unbranched alkanes of at least 4 members (excludes halogenated alkanes) is 8. The summed E-state index contributed by atoms with van der Waals surface area (Å²) in [5, 5.41) is 0. The van der Waals surface area contributed by atoms with Crippen LogP contribution >= 0.6 is 0 Å². The largest absolute Gasteiger partial charge is 0.299 e. The van der Waals surface area contributed by atoms with Gasteiger partial charge in [-0.05, 0) is 25.7 Å². The van der Waals surface area contributed by atoms with E-state index in [1.54, 1.807) is 0 Å². The van der Waals surface area contributed by atoms with Gasteiger partial charge in [-0.25, -0.2) is 0 Å². The lowest BCUT2D eigenvalue weighted by molar-refractivity contribution is -0.129. The van der Waals surface area contributed by atoms with E-state index in [4.69, 9.17) is 0 Å². The summed E-state index contributed by atoms with van der Waals surface area (Å²) in [6, 6.07) is 0. The number of hydrogen-bond acceptors (Lipinski definition) is 1. The second-order valence-corrected chi connectivity index (χ2v) is 7.13. The molecule has 1 fully saturated rings. The van der Waals surface area contributed by atoms with E-state index < -0.39 is 0 Å². The van der Waals surface area contributed by atoms with Crippen molar-refractivity contribution in [3.05, 3.63) is 0 Å². The number of hydrogen-bond donors (Lipinski definition) is 0. The van der Waals surface area contributed by atoms with Gasteiger partial charge in [0.1, 0.15) is 5.78 Å². The van der Waals surface area contributed by atoms with Crippen LogP contribution in [0.2, 0.25) is 0 Å². The smallest absolute Gasteiger partial charge is 0.139 e. The van der Waals surface area contributed by atoms with Gasteiger partial charge in [-0.1, -0.05) is 84.5 Å². The molecule has 0 spiro atoms. The van der Waals surface area contributed by atoms with E-state index >= 15 is 0 Å². The molecule has 21 heavy (non-hydrogen) atoms. The number of rotatable bonds is 14. The first-order valence-electron chi connectivity index (χ1n) is 9.83. The van der Waals surface area contributed by atoms with Crippen molar-refractivity contribution >= 4 is 5.78 Å². The van der Waals surface area contributed by atoms with Gasteiger partial charge in [-0.15, -0.1) is 0 Å². The van der Waals surface area contributed by atoms with Crippen LogP contribution in [0.4, 0.5) is 0 Å². The Kier molecular flexibility index (Phi) is 10.9. The molecule has 0 N–H and O–H groups in total. The van der Waals surface area contributed by atoms with Crippen LogP contribution in [-0.2, 0) is 4.79 Å². The molecule has 0 saturated heterocycles. The highest BCUT2D eigenvalue weighted by Crippen LogP contribution is 2.33. The minimum atomic E-state index is 0.401. The van der Waals surface area contributed by atoms with E-state index in [-0.39, 0.29) is 0 Å². The van der Waals surface area contributed by atoms with Crippen molar-refractivity contribution in [2.45, 2.75) is 110 Å². The molecule has 124 valence electrons. The molecule has 1 atom stereocenters. The first kappa shape index (κ1) is 18.7. The van der Waals surface area contributed by atoms with Gasteiger partial charge in [0.05, 0.1) is 0 Å².